The van der Waals surface area contributed by atoms with E-state index >= 15 is 0 Å². The van der Waals surface area contributed by atoms with E-state index in [-0.39, 0.29) is 18.9 Å². The molecule has 3 aromatic rings. The first kappa shape index (κ1) is 32.9. The minimum atomic E-state index is -3.86. The second kappa shape index (κ2) is 13.6. The molecule has 0 saturated carbocycles. The van der Waals surface area contributed by atoms with Crippen molar-refractivity contribution in [2.75, 3.05) is 17.1 Å². The van der Waals surface area contributed by atoms with E-state index in [1.165, 1.54) is 4.90 Å². The van der Waals surface area contributed by atoms with E-state index in [2.05, 4.69) is 21.2 Å². The van der Waals surface area contributed by atoms with Gasteiger partial charge in [-0.2, -0.15) is 0 Å². The summed E-state index contributed by atoms with van der Waals surface area (Å²) in [4.78, 5) is 29.3. The predicted molar refractivity (Wildman–Crippen MR) is 170 cm³/mol. The van der Waals surface area contributed by atoms with Gasteiger partial charge < -0.3 is 10.2 Å². The van der Waals surface area contributed by atoms with Gasteiger partial charge in [0.15, 0.2) is 0 Å². The zero-order valence-corrected chi connectivity index (χ0v) is 27.5. The van der Waals surface area contributed by atoms with Gasteiger partial charge in [-0.25, -0.2) is 8.42 Å². The summed E-state index contributed by atoms with van der Waals surface area (Å²) >= 11 is 15.8. The van der Waals surface area contributed by atoms with Crippen molar-refractivity contribution in [2.45, 2.75) is 52.2 Å². The third-order valence-electron chi connectivity index (χ3n) is 6.21. The van der Waals surface area contributed by atoms with Crippen LogP contribution in [0.15, 0.2) is 71.2 Å². The second-order valence-electron chi connectivity index (χ2n) is 10.9. The fourth-order valence-corrected chi connectivity index (χ4v) is 5.65. The number of hydrogen-bond donors (Lipinski definition) is 1. The molecule has 1 N–H and O–H groups in total. The van der Waals surface area contributed by atoms with E-state index < -0.39 is 34.1 Å². The van der Waals surface area contributed by atoms with Crippen LogP contribution in [0.25, 0.3) is 0 Å². The van der Waals surface area contributed by atoms with Crippen LogP contribution in [0, 0.1) is 6.92 Å². The Bertz CT molecular complexity index is 1510. The molecule has 1 unspecified atom stereocenters. The number of aryl methyl sites for hydroxylation is 1. The van der Waals surface area contributed by atoms with E-state index in [0.29, 0.717) is 21.3 Å². The molecule has 220 valence electrons. The zero-order valence-electron chi connectivity index (χ0n) is 23.6. The highest BCUT2D eigenvalue weighted by Crippen LogP contribution is 2.27. The molecule has 41 heavy (non-hydrogen) atoms. The average Bonchev–Trinajstić information content (AvgIpc) is 2.87. The lowest BCUT2D eigenvalue weighted by atomic mass is 10.0. The van der Waals surface area contributed by atoms with E-state index in [1.807, 2.05) is 58.0 Å². The van der Waals surface area contributed by atoms with Crippen molar-refractivity contribution in [1.82, 2.24) is 10.2 Å². The summed E-state index contributed by atoms with van der Waals surface area (Å²) in [6.45, 7) is 6.90. The van der Waals surface area contributed by atoms with Gasteiger partial charge in [0.05, 0.1) is 22.0 Å². The SMILES string of the molecule is Cc1cc(N(CC(=O)N(Cc2ccc(Cl)c(Cl)c2)C(Cc2ccccc2)C(=O)NC(C)(C)C)S(C)(=O)=O)ccc1Br. The Balaban J connectivity index is 2.10. The van der Waals surface area contributed by atoms with Crippen molar-refractivity contribution in [2.24, 2.45) is 0 Å². The van der Waals surface area contributed by atoms with Gasteiger partial charge in [-0.1, -0.05) is 75.5 Å². The van der Waals surface area contributed by atoms with Crippen molar-refractivity contribution in [3.05, 3.63) is 97.9 Å². The summed E-state index contributed by atoms with van der Waals surface area (Å²) < 4.78 is 27.7. The first-order valence-electron chi connectivity index (χ1n) is 12.9. The first-order valence-corrected chi connectivity index (χ1v) is 16.3. The summed E-state index contributed by atoms with van der Waals surface area (Å²) in [6.07, 6.45) is 1.26. The predicted octanol–water partition coefficient (Wildman–Crippen LogP) is 6.39. The van der Waals surface area contributed by atoms with E-state index in [9.17, 15) is 18.0 Å². The van der Waals surface area contributed by atoms with Gasteiger partial charge >= 0.3 is 0 Å². The van der Waals surface area contributed by atoms with Crippen LogP contribution in [-0.2, 0) is 32.6 Å². The summed E-state index contributed by atoms with van der Waals surface area (Å²) in [5.74, 6) is -0.910. The number of hydrogen-bond acceptors (Lipinski definition) is 4. The van der Waals surface area contributed by atoms with Gasteiger partial charge in [-0.3, -0.25) is 13.9 Å². The number of benzene rings is 3. The van der Waals surface area contributed by atoms with Crippen LogP contribution >= 0.6 is 39.1 Å². The smallest absolute Gasteiger partial charge is 0.244 e. The standard InChI is InChI=1S/C30H34BrCl2N3O4S/c1-20-15-23(12-13-24(20)31)36(41(5,39)40)19-28(37)35(18-22-11-14-25(32)26(33)16-22)27(29(38)34-30(2,3)4)17-21-9-7-6-8-10-21/h6-16,27H,17-19H2,1-5H3,(H,34,38). The largest absolute Gasteiger partial charge is 0.350 e. The van der Waals surface area contributed by atoms with Crippen molar-refractivity contribution < 1.29 is 18.0 Å². The van der Waals surface area contributed by atoms with Gasteiger partial charge in [0, 0.05) is 23.0 Å². The molecule has 0 bridgehead atoms. The molecule has 0 fully saturated rings. The molecule has 0 aromatic heterocycles. The van der Waals surface area contributed by atoms with Gasteiger partial charge in [0.1, 0.15) is 12.6 Å². The van der Waals surface area contributed by atoms with Crippen molar-refractivity contribution in [3.8, 4) is 0 Å². The number of rotatable bonds is 10. The number of halogens is 3. The quantitative estimate of drug-likeness (QED) is 0.269. The van der Waals surface area contributed by atoms with Crippen LogP contribution < -0.4 is 9.62 Å². The van der Waals surface area contributed by atoms with Crippen molar-refractivity contribution in [1.29, 1.82) is 0 Å². The monoisotopic (exact) mass is 681 g/mol. The highest BCUT2D eigenvalue weighted by atomic mass is 79.9. The molecular formula is C30H34BrCl2N3O4S. The maximum atomic E-state index is 14.2. The molecule has 11 heteroatoms. The molecule has 0 aliphatic rings. The Morgan fingerprint density at radius 1 is 0.951 bits per heavy atom. The number of amides is 2. The second-order valence-corrected chi connectivity index (χ2v) is 14.5. The Morgan fingerprint density at radius 3 is 2.17 bits per heavy atom. The van der Waals surface area contributed by atoms with Crippen molar-refractivity contribution >= 4 is 66.7 Å². The normalized spacial score (nSPS) is 12.5. The Labute approximate surface area is 261 Å². The van der Waals surface area contributed by atoms with Crippen LogP contribution in [-0.4, -0.2) is 49.5 Å². The number of carbonyl (C=O) groups is 2. The number of anilines is 1. The molecule has 3 rings (SSSR count). The van der Waals surface area contributed by atoms with Gasteiger partial charge in [-0.05, 0) is 74.7 Å². The van der Waals surface area contributed by atoms with Crippen LogP contribution in [0.5, 0.6) is 0 Å². The van der Waals surface area contributed by atoms with E-state index in [1.54, 1.807) is 36.4 Å². The van der Waals surface area contributed by atoms with Gasteiger partial charge in [-0.15, -0.1) is 0 Å². The van der Waals surface area contributed by atoms with Gasteiger partial charge in [0.25, 0.3) is 0 Å². The fourth-order valence-electron chi connectivity index (χ4n) is 4.24. The van der Waals surface area contributed by atoms with Crippen molar-refractivity contribution in [3.63, 3.8) is 0 Å². The summed E-state index contributed by atoms with van der Waals surface area (Å²) in [6, 6.07) is 18.4. The summed E-state index contributed by atoms with van der Waals surface area (Å²) in [5, 5.41) is 3.65. The molecule has 0 aliphatic carbocycles. The minimum Gasteiger partial charge on any atom is -0.350 e. The summed E-state index contributed by atoms with van der Waals surface area (Å²) in [7, 11) is -3.86. The molecule has 0 saturated heterocycles. The molecule has 0 radical (unpaired) electrons. The third kappa shape index (κ3) is 9.46. The average molecular weight is 683 g/mol. The fraction of sp³-hybridized carbons (Fsp3) is 0.333. The number of nitrogens with zero attached hydrogens (tertiary/aromatic N) is 2. The van der Waals surface area contributed by atoms with Crippen LogP contribution in [0.2, 0.25) is 10.0 Å². The van der Waals surface area contributed by atoms with E-state index in [4.69, 9.17) is 23.2 Å². The molecular weight excluding hydrogens is 649 g/mol. The lowest BCUT2D eigenvalue weighted by molar-refractivity contribution is -0.140. The Morgan fingerprint density at radius 2 is 1.61 bits per heavy atom. The number of sulfonamides is 1. The lowest BCUT2D eigenvalue weighted by Gasteiger charge is -2.35. The van der Waals surface area contributed by atoms with Gasteiger partial charge in [0.2, 0.25) is 21.8 Å². The molecule has 1 atom stereocenters. The zero-order chi connectivity index (χ0) is 30.5. The van der Waals surface area contributed by atoms with Crippen LogP contribution in [0.4, 0.5) is 5.69 Å². The number of carbonyl (C=O) groups excluding carboxylic acids is 2. The molecule has 0 spiro atoms. The maximum absolute atomic E-state index is 14.2. The Kier molecular flexibility index (Phi) is 10.9. The molecule has 3 aromatic carbocycles. The molecule has 0 heterocycles. The molecule has 2 amide bonds. The molecule has 0 aliphatic heterocycles. The highest BCUT2D eigenvalue weighted by molar-refractivity contribution is 9.10. The molecule has 7 nitrogen and oxygen atoms in total. The highest BCUT2D eigenvalue weighted by Gasteiger charge is 2.34. The topological polar surface area (TPSA) is 86.8 Å². The summed E-state index contributed by atoms with van der Waals surface area (Å²) in [5.41, 5.74) is 2.06. The first-order chi connectivity index (χ1) is 19.0. The number of nitrogens with one attached hydrogen (secondary N) is 1. The van der Waals surface area contributed by atoms with Crippen LogP contribution in [0.3, 0.4) is 0 Å². The third-order valence-corrected chi connectivity index (χ3v) is 8.98. The van der Waals surface area contributed by atoms with E-state index in [0.717, 1.165) is 26.2 Å². The minimum absolute atomic E-state index is 0.00174. The maximum Gasteiger partial charge on any atom is 0.244 e. The Hall–Kier alpha value is -2.59. The van der Waals surface area contributed by atoms with Crippen LogP contribution in [0.1, 0.15) is 37.5 Å². The lowest BCUT2D eigenvalue weighted by Crippen LogP contribution is -2.56.